The lowest BCUT2D eigenvalue weighted by Crippen LogP contribution is -2.20. The van der Waals surface area contributed by atoms with Crippen LogP contribution in [0.5, 0.6) is 0 Å². The highest BCUT2D eigenvalue weighted by molar-refractivity contribution is 5.94. The Morgan fingerprint density at radius 3 is 2.61 bits per heavy atom. The molecule has 0 saturated heterocycles. The summed E-state index contributed by atoms with van der Waals surface area (Å²) < 4.78 is 0. The van der Waals surface area contributed by atoms with Gasteiger partial charge in [0.2, 0.25) is 0 Å². The van der Waals surface area contributed by atoms with Gasteiger partial charge in [-0.1, -0.05) is 36.4 Å². The third kappa shape index (κ3) is 2.36. The normalized spacial score (nSPS) is 10.6. The van der Waals surface area contributed by atoms with E-state index in [0.717, 1.165) is 34.3 Å². The summed E-state index contributed by atoms with van der Waals surface area (Å²) in [6.45, 7) is 6.71. The van der Waals surface area contributed by atoms with Gasteiger partial charge in [-0.3, -0.25) is 0 Å². The smallest absolute Gasteiger partial charge is 0.136 e. The molecule has 94 valence electrons. The maximum atomic E-state index is 9.34. The molecule has 0 unspecified atom stereocenters. The number of aliphatic hydroxyl groups excluding tert-OH is 1. The van der Waals surface area contributed by atoms with Crippen LogP contribution in [0.3, 0.4) is 0 Å². The molecule has 1 aromatic heterocycles. The van der Waals surface area contributed by atoms with Gasteiger partial charge in [0.15, 0.2) is 0 Å². The van der Waals surface area contributed by atoms with Gasteiger partial charge in [-0.25, -0.2) is 4.98 Å². The molecule has 0 atom stereocenters. The van der Waals surface area contributed by atoms with Gasteiger partial charge < -0.3 is 10.0 Å². The van der Waals surface area contributed by atoms with E-state index < -0.39 is 0 Å². The number of nitrogens with zero attached hydrogens (tertiary/aromatic N) is 2. The Balaban J connectivity index is 2.55. The van der Waals surface area contributed by atoms with Crippen LogP contribution in [0.1, 0.15) is 12.5 Å². The quantitative estimate of drug-likeness (QED) is 0.837. The van der Waals surface area contributed by atoms with Gasteiger partial charge in [0.25, 0.3) is 0 Å². The molecule has 0 aliphatic carbocycles. The van der Waals surface area contributed by atoms with Crippen LogP contribution < -0.4 is 4.90 Å². The van der Waals surface area contributed by atoms with Gasteiger partial charge in [0.1, 0.15) is 5.82 Å². The molecular formula is C15H18N2O. The molecule has 0 bridgehead atoms. The van der Waals surface area contributed by atoms with E-state index >= 15 is 0 Å². The fourth-order valence-corrected chi connectivity index (χ4v) is 2.15. The number of hydrogen-bond donors (Lipinski definition) is 1. The first kappa shape index (κ1) is 12.6. The van der Waals surface area contributed by atoms with Crippen LogP contribution >= 0.6 is 0 Å². The standard InChI is InChI=1S/C15H18N2O/c1-11(2)9-17(3)15-14-7-5-4-6-13(14)12(10-18)8-16-15/h4-8,18H,1,9-10H2,2-3H3. The van der Waals surface area contributed by atoms with Crippen LogP contribution in [-0.4, -0.2) is 23.7 Å². The molecule has 0 spiro atoms. The first-order chi connectivity index (χ1) is 8.63. The number of aromatic nitrogens is 1. The summed E-state index contributed by atoms with van der Waals surface area (Å²) in [7, 11) is 2.00. The van der Waals surface area contributed by atoms with Crippen molar-refractivity contribution in [1.82, 2.24) is 4.98 Å². The third-order valence-corrected chi connectivity index (χ3v) is 2.90. The minimum atomic E-state index is 0.0119. The molecule has 3 nitrogen and oxygen atoms in total. The molecule has 1 aromatic carbocycles. The van der Waals surface area contributed by atoms with Crippen molar-refractivity contribution in [2.45, 2.75) is 13.5 Å². The highest BCUT2D eigenvalue weighted by Crippen LogP contribution is 2.26. The second kappa shape index (κ2) is 5.19. The highest BCUT2D eigenvalue weighted by atomic mass is 16.3. The van der Waals surface area contributed by atoms with Crippen molar-refractivity contribution in [3.63, 3.8) is 0 Å². The zero-order chi connectivity index (χ0) is 13.1. The molecule has 0 fully saturated rings. The second-order valence-corrected chi connectivity index (χ2v) is 4.62. The van der Waals surface area contributed by atoms with Crippen molar-refractivity contribution in [3.8, 4) is 0 Å². The van der Waals surface area contributed by atoms with E-state index in [9.17, 15) is 5.11 Å². The Labute approximate surface area is 107 Å². The zero-order valence-corrected chi connectivity index (χ0v) is 10.8. The summed E-state index contributed by atoms with van der Waals surface area (Å²) in [6.07, 6.45) is 1.74. The third-order valence-electron chi connectivity index (χ3n) is 2.90. The first-order valence-corrected chi connectivity index (χ1v) is 5.96. The van der Waals surface area contributed by atoms with Crippen molar-refractivity contribution in [3.05, 3.63) is 48.2 Å². The Morgan fingerprint density at radius 2 is 2.00 bits per heavy atom. The Kier molecular flexibility index (Phi) is 3.63. The van der Waals surface area contributed by atoms with Crippen molar-refractivity contribution >= 4 is 16.6 Å². The molecule has 3 heteroatoms. The predicted octanol–water partition coefficient (Wildman–Crippen LogP) is 2.74. The number of pyridine rings is 1. The summed E-state index contributed by atoms with van der Waals surface area (Å²) >= 11 is 0. The van der Waals surface area contributed by atoms with E-state index in [2.05, 4.69) is 16.5 Å². The molecule has 0 saturated carbocycles. The largest absolute Gasteiger partial charge is 0.392 e. The maximum Gasteiger partial charge on any atom is 0.136 e. The predicted molar refractivity (Wildman–Crippen MR) is 75.7 cm³/mol. The van der Waals surface area contributed by atoms with Crippen molar-refractivity contribution in [1.29, 1.82) is 0 Å². The Hall–Kier alpha value is -1.87. The molecule has 2 rings (SSSR count). The zero-order valence-electron chi connectivity index (χ0n) is 10.8. The molecular weight excluding hydrogens is 224 g/mol. The van der Waals surface area contributed by atoms with Gasteiger partial charge >= 0.3 is 0 Å². The van der Waals surface area contributed by atoms with Crippen molar-refractivity contribution < 1.29 is 5.11 Å². The van der Waals surface area contributed by atoms with Crippen molar-refractivity contribution in [2.24, 2.45) is 0 Å². The number of aliphatic hydroxyl groups is 1. The summed E-state index contributed by atoms with van der Waals surface area (Å²) in [5.41, 5.74) is 1.95. The van der Waals surface area contributed by atoms with Crippen LogP contribution in [0.4, 0.5) is 5.82 Å². The number of hydrogen-bond acceptors (Lipinski definition) is 3. The van der Waals surface area contributed by atoms with Crippen LogP contribution in [0.2, 0.25) is 0 Å². The number of likely N-dealkylation sites (N-methyl/N-ethyl adjacent to an activating group) is 1. The molecule has 1 N–H and O–H groups in total. The summed E-state index contributed by atoms with van der Waals surface area (Å²) in [6, 6.07) is 8.01. The van der Waals surface area contributed by atoms with Crippen LogP contribution in [-0.2, 0) is 6.61 Å². The molecule has 18 heavy (non-hydrogen) atoms. The van der Waals surface area contributed by atoms with Gasteiger partial charge in [0.05, 0.1) is 6.61 Å². The molecule has 0 radical (unpaired) electrons. The summed E-state index contributed by atoms with van der Waals surface area (Å²) in [4.78, 5) is 6.53. The molecule has 1 heterocycles. The molecule has 0 aliphatic heterocycles. The van der Waals surface area contributed by atoms with E-state index in [1.54, 1.807) is 6.20 Å². The van der Waals surface area contributed by atoms with E-state index in [1.807, 2.05) is 38.2 Å². The van der Waals surface area contributed by atoms with E-state index in [-0.39, 0.29) is 6.61 Å². The average molecular weight is 242 g/mol. The molecule has 2 aromatic rings. The van der Waals surface area contributed by atoms with Gasteiger partial charge in [-0.15, -0.1) is 0 Å². The Morgan fingerprint density at radius 1 is 1.33 bits per heavy atom. The van der Waals surface area contributed by atoms with Crippen LogP contribution in [0.25, 0.3) is 10.8 Å². The lowest BCUT2D eigenvalue weighted by Gasteiger charge is -2.20. The highest BCUT2D eigenvalue weighted by Gasteiger charge is 2.10. The number of anilines is 1. The fourth-order valence-electron chi connectivity index (χ4n) is 2.15. The second-order valence-electron chi connectivity index (χ2n) is 4.62. The SMILES string of the molecule is C=C(C)CN(C)c1ncc(CO)c2ccccc12. The van der Waals surface area contributed by atoms with Crippen molar-refractivity contribution in [2.75, 3.05) is 18.5 Å². The minimum Gasteiger partial charge on any atom is -0.392 e. The minimum absolute atomic E-state index is 0.0119. The average Bonchev–Trinajstić information content (AvgIpc) is 2.36. The van der Waals surface area contributed by atoms with E-state index in [1.165, 1.54) is 0 Å². The molecule has 0 amide bonds. The maximum absolute atomic E-state index is 9.34. The summed E-state index contributed by atoms with van der Waals surface area (Å²) in [5.74, 6) is 0.922. The molecule has 0 aliphatic rings. The number of fused-ring (bicyclic) bond motifs is 1. The first-order valence-electron chi connectivity index (χ1n) is 5.96. The lowest BCUT2D eigenvalue weighted by atomic mass is 10.1. The van der Waals surface area contributed by atoms with Gasteiger partial charge in [-0.2, -0.15) is 0 Å². The van der Waals surface area contributed by atoms with Crippen LogP contribution in [0.15, 0.2) is 42.6 Å². The van der Waals surface area contributed by atoms with Gasteiger partial charge in [0, 0.05) is 30.7 Å². The lowest BCUT2D eigenvalue weighted by molar-refractivity contribution is 0.283. The number of rotatable bonds is 4. The van der Waals surface area contributed by atoms with E-state index in [0.29, 0.717) is 0 Å². The topological polar surface area (TPSA) is 36.4 Å². The van der Waals surface area contributed by atoms with Crippen LogP contribution in [0, 0.1) is 0 Å². The monoisotopic (exact) mass is 242 g/mol. The Bertz CT molecular complexity index is 578. The number of benzene rings is 1. The van der Waals surface area contributed by atoms with E-state index in [4.69, 9.17) is 0 Å². The summed E-state index contributed by atoms with van der Waals surface area (Å²) in [5, 5.41) is 11.5. The van der Waals surface area contributed by atoms with Gasteiger partial charge in [-0.05, 0) is 12.3 Å². The fraction of sp³-hybridized carbons (Fsp3) is 0.267.